The second-order valence-electron chi connectivity index (χ2n) is 9.66. The summed E-state index contributed by atoms with van der Waals surface area (Å²) in [6.07, 6.45) is 20.8. The maximum atomic E-state index is 14.2. The second-order valence-corrected chi connectivity index (χ2v) is 9.66. The summed E-state index contributed by atoms with van der Waals surface area (Å²) in [5, 5.41) is 0. The quantitative estimate of drug-likeness (QED) is 0.299. The average molecular weight is 454 g/mol. The first-order valence-corrected chi connectivity index (χ1v) is 12.7. The predicted octanol–water partition coefficient (Wildman–Crippen LogP) is 7.38. The first-order valence-electron chi connectivity index (χ1n) is 12.7. The van der Waals surface area contributed by atoms with E-state index in [2.05, 4.69) is 66.2 Å². The third-order valence-electron chi connectivity index (χ3n) is 6.10. The second kappa shape index (κ2) is 14.1. The van der Waals surface area contributed by atoms with Gasteiger partial charge in [-0.3, -0.25) is 4.98 Å². The summed E-state index contributed by atoms with van der Waals surface area (Å²) in [4.78, 5) is 7.24. The molecule has 1 aromatic heterocycles. The summed E-state index contributed by atoms with van der Waals surface area (Å²) in [6.45, 7) is 9.25. The summed E-state index contributed by atoms with van der Waals surface area (Å²) in [5.74, 6) is 0. The Morgan fingerprint density at radius 3 is 2.67 bits per heavy atom. The normalized spacial score (nSPS) is 15.6. The molecule has 3 nitrogen and oxygen atoms in total. The summed E-state index contributed by atoms with van der Waals surface area (Å²) in [6, 6.07) is 6.56. The van der Waals surface area contributed by atoms with Crippen LogP contribution in [0.1, 0.15) is 84.8 Å². The fourth-order valence-electron chi connectivity index (χ4n) is 4.46. The lowest BCUT2D eigenvalue weighted by Gasteiger charge is -2.36. The predicted molar refractivity (Wildman–Crippen MR) is 141 cm³/mol. The zero-order chi connectivity index (χ0) is 24.1. The topological polar surface area (TPSA) is 42.2 Å². The van der Waals surface area contributed by atoms with E-state index in [1.54, 1.807) is 13.8 Å². The number of halogens is 1. The Balaban J connectivity index is 2.31. The summed E-state index contributed by atoms with van der Waals surface area (Å²) >= 11 is 0. The highest BCUT2D eigenvalue weighted by molar-refractivity contribution is 5.61. The van der Waals surface area contributed by atoms with Gasteiger partial charge in [-0.15, -0.1) is 0 Å². The van der Waals surface area contributed by atoms with Crippen LogP contribution in [0.4, 0.5) is 4.39 Å². The van der Waals surface area contributed by atoms with Gasteiger partial charge in [-0.05, 0) is 76.3 Å². The van der Waals surface area contributed by atoms with Crippen LogP contribution >= 0.6 is 0 Å². The van der Waals surface area contributed by atoms with Gasteiger partial charge in [-0.2, -0.15) is 0 Å². The zero-order valence-electron chi connectivity index (χ0n) is 21.2. The summed E-state index contributed by atoms with van der Waals surface area (Å²) < 4.78 is 14.2. The summed E-state index contributed by atoms with van der Waals surface area (Å²) in [7, 11) is 0. The Morgan fingerprint density at radius 1 is 1.24 bits per heavy atom. The molecule has 0 saturated heterocycles. The lowest BCUT2D eigenvalue weighted by atomic mass is 9.97. The van der Waals surface area contributed by atoms with E-state index >= 15 is 0 Å². The number of nitrogens with two attached hydrogens (primary N) is 1. The molecule has 0 amide bonds. The average Bonchev–Trinajstić information content (AvgIpc) is 3.00. The Kier molecular flexibility index (Phi) is 11.6. The highest BCUT2D eigenvalue weighted by atomic mass is 19.1. The smallest absolute Gasteiger partial charge is 0.109 e. The lowest BCUT2D eigenvalue weighted by molar-refractivity contribution is 0.218. The molecular weight excluding hydrogens is 409 g/mol. The van der Waals surface area contributed by atoms with E-state index in [9.17, 15) is 4.39 Å². The number of aromatic nitrogens is 1. The molecule has 1 unspecified atom stereocenters. The van der Waals surface area contributed by atoms with Crippen LogP contribution in [0.15, 0.2) is 65.9 Å². The van der Waals surface area contributed by atoms with Crippen molar-refractivity contribution in [1.29, 1.82) is 0 Å². The first-order chi connectivity index (χ1) is 15.9. The van der Waals surface area contributed by atoms with Crippen LogP contribution in [0.5, 0.6) is 0 Å². The number of hydrogen-bond donors (Lipinski definition) is 1. The molecule has 0 aliphatic heterocycles. The fraction of sp³-hybridized carbons (Fsp3) is 0.552. The largest absolute Gasteiger partial charge is 0.363 e. The Labute approximate surface area is 201 Å². The van der Waals surface area contributed by atoms with Gasteiger partial charge in [-0.1, -0.05) is 62.6 Å². The highest BCUT2D eigenvalue weighted by Gasteiger charge is 2.23. The highest BCUT2D eigenvalue weighted by Crippen LogP contribution is 2.29. The van der Waals surface area contributed by atoms with Gasteiger partial charge in [0.05, 0.1) is 11.4 Å². The fourth-order valence-corrected chi connectivity index (χ4v) is 4.46. The molecule has 2 rings (SSSR count). The van der Waals surface area contributed by atoms with Gasteiger partial charge in [0.25, 0.3) is 0 Å². The van der Waals surface area contributed by atoms with Crippen molar-refractivity contribution in [2.45, 2.75) is 90.8 Å². The number of rotatable bonds is 14. The molecule has 4 heteroatoms. The van der Waals surface area contributed by atoms with Crippen molar-refractivity contribution in [2.24, 2.45) is 5.73 Å². The van der Waals surface area contributed by atoms with Crippen molar-refractivity contribution in [1.82, 2.24) is 9.88 Å². The van der Waals surface area contributed by atoms with E-state index in [0.717, 1.165) is 56.5 Å². The van der Waals surface area contributed by atoms with Crippen LogP contribution < -0.4 is 5.73 Å². The van der Waals surface area contributed by atoms with Crippen LogP contribution in [0, 0.1) is 0 Å². The van der Waals surface area contributed by atoms with Gasteiger partial charge in [0.2, 0.25) is 0 Å². The first kappa shape index (κ1) is 27.0. The minimum Gasteiger partial charge on any atom is -0.363 e. The van der Waals surface area contributed by atoms with E-state index in [1.165, 1.54) is 24.1 Å². The van der Waals surface area contributed by atoms with Gasteiger partial charge in [-0.25, -0.2) is 4.39 Å². The van der Waals surface area contributed by atoms with Crippen LogP contribution in [0.3, 0.4) is 0 Å². The molecule has 0 fully saturated rings. The molecule has 0 radical (unpaired) electrons. The molecule has 1 aliphatic carbocycles. The molecule has 0 saturated carbocycles. The number of alkyl halides is 1. The molecular formula is C29H44FN3. The van der Waals surface area contributed by atoms with Gasteiger partial charge in [0.15, 0.2) is 0 Å². The number of pyridine rings is 1. The van der Waals surface area contributed by atoms with E-state index in [1.807, 2.05) is 12.3 Å². The standard InChI is InChI=1S/C29H44FN3/c1-5-7-15-26(16-8-10-20-31)33(28(6-2)27-17-9-11-21-32-27)23-25-14-12-13-24(18-19-25)22-29(3,4)30/h6,9,11-14,17-18,21,26H,5,7-8,10,15-16,19-20,22-23,31H2,1-4H3/b28-6+. The lowest BCUT2D eigenvalue weighted by Crippen LogP contribution is -2.36. The Morgan fingerprint density at radius 2 is 2.03 bits per heavy atom. The number of allylic oxidation sites excluding steroid dienone is 6. The molecule has 0 bridgehead atoms. The number of nitrogens with zero attached hydrogens (tertiary/aromatic N) is 2. The number of unbranched alkanes of at least 4 members (excludes halogenated alkanes) is 2. The zero-order valence-corrected chi connectivity index (χ0v) is 21.2. The third kappa shape index (κ3) is 9.67. The van der Waals surface area contributed by atoms with E-state index in [-0.39, 0.29) is 0 Å². The minimum absolute atomic E-state index is 0.436. The molecule has 1 atom stereocenters. The van der Waals surface area contributed by atoms with Crippen molar-refractivity contribution in [3.05, 3.63) is 71.6 Å². The van der Waals surface area contributed by atoms with Crippen LogP contribution in [0.25, 0.3) is 5.70 Å². The van der Waals surface area contributed by atoms with Gasteiger partial charge in [0, 0.05) is 25.2 Å². The molecule has 2 N–H and O–H groups in total. The molecule has 1 aliphatic rings. The van der Waals surface area contributed by atoms with Crippen LogP contribution in [0.2, 0.25) is 0 Å². The van der Waals surface area contributed by atoms with Crippen LogP contribution in [-0.2, 0) is 0 Å². The SMILES string of the molecule is C/C=C(\c1ccccn1)N(CC1=CC=CC(CC(C)(C)F)=CC1)C(CCCC)CCCCN. The monoisotopic (exact) mass is 453 g/mol. The van der Waals surface area contributed by atoms with Crippen molar-refractivity contribution < 1.29 is 4.39 Å². The molecule has 0 spiro atoms. The Hall–Kier alpha value is -2.20. The molecule has 0 aromatic carbocycles. The van der Waals surface area contributed by atoms with E-state index in [4.69, 9.17) is 5.73 Å². The molecule has 182 valence electrons. The van der Waals surface area contributed by atoms with E-state index < -0.39 is 5.67 Å². The maximum absolute atomic E-state index is 14.2. The minimum atomic E-state index is -1.20. The molecule has 1 aromatic rings. The van der Waals surface area contributed by atoms with Gasteiger partial charge >= 0.3 is 0 Å². The van der Waals surface area contributed by atoms with Crippen LogP contribution in [-0.4, -0.2) is 34.7 Å². The number of hydrogen-bond acceptors (Lipinski definition) is 3. The van der Waals surface area contributed by atoms with Gasteiger partial charge in [0.1, 0.15) is 5.67 Å². The van der Waals surface area contributed by atoms with Crippen molar-refractivity contribution >= 4 is 5.70 Å². The molecule has 1 heterocycles. The van der Waals surface area contributed by atoms with Crippen molar-refractivity contribution in [3.63, 3.8) is 0 Å². The maximum Gasteiger partial charge on any atom is 0.109 e. The van der Waals surface area contributed by atoms with Crippen molar-refractivity contribution in [3.8, 4) is 0 Å². The molecule has 33 heavy (non-hydrogen) atoms. The third-order valence-corrected chi connectivity index (χ3v) is 6.10. The van der Waals surface area contributed by atoms with E-state index in [0.29, 0.717) is 12.5 Å². The Bertz CT molecular complexity index is 815. The van der Waals surface area contributed by atoms with Gasteiger partial charge < -0.3 is 10.6 Å². The van der Waals surface area contributed by atoms with Crippen molar-refractivity contribution in [2.75, 3.05) is 13.1 Å². The summed E-state index contributed by atoms with van der Waals surface area (Å²) in [5.41, 5.74) is 9.22.